The first-order valence-corrected chi connectivity index (χ1v) is 13.3. The van der Waals surface area contributed by atoms with Gasteiger partial charge in [0.1, 0.15) is 11.7 Å². The Morgan fingerprint density at radius 1 is 1.18 bits per heavy atom. The Balaban J connectivity index is 1.68. The zero-order valence-corrected chi connectivity index (χ0v) is 22.8. The van der Waals surface area contributed by atoms with Crippen molar-refractivity contribution in [1.82, 2.24) is 4.90 Å². The second kappa shape index (κ2) is 8.90. The van der Waals surface area contributed by atoms with E-state index in [2.05, 4.69) is 0 Å². The molecule has 11 heteroatoms. The van der Waals surface area contributed by atoms with Crippen LogP contribution in [0.4, 0.5) is 0 Å². The second-order valence-corrected chi connectivity index (χ2v) is 11.6. The maximum Gasteiger partial charge on any atom is 0.303 e. The van der Waals surface area contributed by atoms with Gasteiger partial charge in [0.25, 0.3) is 5.91 Å². The SMILES string of the molecule is CC(=O)O[C@H](C)[C@@]12C=C(C)[C@@H]3[C@@H](C)[C@H](O[C@H]4CC[C@H](O)C(C)O4)C4=CC(=O)C=C(N1C(=O)[C@](C)(O)C2=O)[C@@]43O. The molecular formula is C28H35NO10. The molecule has 1 saturated carbocycles. The van der Waals surface area contributed by atoms with Gasteiger partial charge in [-0.3, -0.25) is 24.1 Å². The van der Waals surface area contributed by atoms with E-state index >= 15 is 0 Å². The van der Waals surface area contributed by atoms with Gasteiger partial charge in [0.05, 0.1) is 24.0 Å². The maximum atomic E-state index is 13.8. The predicted molar refractivity (Wildman–Crippen MR) is 133 cm³/mol. The molecule has 2 saturated heterocycles. The molecule has 0 aromatic carbocycles. The van der Waals surface area contributed by atoms with Crippen molar-refractivity contribution in [2.24, 2.45) is 11.8 Å². The summed E-state index contributed by atoms with van der Waals surface area (Å²) in [6.45, 7) is 8.92. The summed E-state index contributed by atoms with van der Waals surface area (Å²) in [5.41, 5.74) is -5.93. The third kappa shape index (κ3) is 3.67. The summed E-state index contributed by atoms with van der Waals surface area (Å²) in [6, 6.07) is 0. The smallest absolute Gasteiger partial charge is 0.303 e. The Hall–Kier alpha value is -2.70. The van der Waals surface area contributed by atoms with Gasteiger partial charge < -0.3 is 29.5 Å². The van der Waals surface area contributed by atoms with Crippen molar-refractivity contribution in [1.29, 1.82) is 0 Å². The van der Waals surface area contributed by atoms with Gasteiger partial charge in [0, 0.05) is 30.9 Å². The topological polar surface area (TPSA) is 160 Å². The number of aliphatic hydroxyl groups is 3. The molecule has 1 amide bonds. The van der Waals surface area contributed by atoms with Gasteiger partial charge in [-0.15, -0.1) is 0 Å². The lowest BCUT2D eigenvalue weighted by molar-refractivity contribution is -0.233. The number of allylic oxidation sites excluding steroid dienone is 2. The van der Waals surface area contributed by atoms with Crippen LogP contribution in [-0.4, -0.2) is 91.1 Å². The first-order valence-electron chi connectivity index (χ1n) is 13.3. The standard InChI is InChI=1S/C28H35NO10/c1-12-11-27(15(4)38-16(5)30)24(33)26(6,35)25(34)29(27)20-10-17(31)9-18-23(13(2)22(12)28(18,20)36)39-21-8-7-19(32)14(3)37-21/h9-11,13-15,19,21-23,32,35-36H,7-8H2,1-6H3/t13-,14?,15-,19+,21+,22-,23+,26-,27-,28+/m1/s1. The third-order valence-corrected chi connectivity index (χ3v) is 9.01. The summed E-state index contributed by atoms with van der Waals surface area (Å²) in [6.07, 6.45) is 0.861. The number of ether oxygens (including phenoxy) is 3. The molecule has 3 aliphatic heterocycles. The first kappa shape index (κ1) is 27.9. The zero-order valence-electron chi connectivity index (χ0n) is 22.8. The van der Waals surface area contributed by atoms with Crippen molar-refractivity contribution in [2.75, 3.05) is 0 Å². The van der Waals surface area contributed by atoms with Crippen LogP contribution in [0.1, 0.15) is 54.4 Å². The molecule has 3 N–H and O–H groups in total. The number of carbonyl (C=O) groups is 4. The highest BCUT2D eigenvalue weighted by Crippen LogP contribution is 2.59. The Morgan fingerprint density at radius 3 is 2.46 bits per heavy atom. The highest BCUT2D eigenvalue weighted by atomic mass is 16.7. The van der Waals surface area contributed by atoms with Crippen LogP contribution in [-0.2, 0) is 33.4 Å². The molecule has 2 aliphatic carbocycles. The van der Waals surface area contributed by atoms with Gasteiger partial charge in [-0.25, -0.2) is 0 Å². The summed E-state index contributed by atoms with van der Waals surface area (Å²) in [7, 11) is 0. The van der Waals surface area contributed by atoms with Gasteiger partial charge in [-0.1, -0.05) is 12.5 Å². The van der Waals surface area contributed by atoms with E-state index in [1.165, 1.54) is 19.1 Å². The summed E-state index contributed by atoms with van der Waals surface area (Å²) >= 11 is 0. The Bertz CT molecular complexity index is 1250. The molecule has 0 spiro atoms. The number of esters is 1. The molecule has 11 nitrogen and oxygen atoms in total. The second-order valence-electron chi connectivity index (χ2n) is 11.6. The number of amides is 1. The summed E-state index contributed by atoms with van der Waals surface area (Å²) in [5.74, 6) is -4.41. The maximum absolute atomic E-state index is 13.8. The van der Waals surface area contributed by atoms with Gasteiger partial charge in [-0.05, 0) is 52.2 Å². The van der Waals surface area contributed by atoms with E-state index in [1.54, 1.807) is 13.8 Å². The molecule has 1 unspecified atom stereocenters. The predicted octanol–water partition coefficient (Wildman–Crippen LogP) is 0.460. The highest BCUT2D eigenvalue weighted by molar-refractivity contribution is 6.22. The van der Waals surface area contributed by atoms with Crippen molar-refractivity contribution in [3.8, 4) is 0 Å². The number of nitrogens with zero attached hydrogens (tertiary/aromatic N) is 1. The van der Waals surface area contributed by atoms with E-state index in [0.29, 0.717) is 18.4 Å². The average molecular weight is 546 g/mol. The number of ketones is 2. The molecule has 3 heterocycles. The van der Waals surface area contributed by atoms with Crippen molar-refractivity contribution in [2.45, 2.75) is 102 Å². The number of hydrogen-bond acceptors (Lipinski definition) is 10. The van der Waals surface area contributed by atoms with Crippen LogP contribution in [0.5, 0.6) is 0 Å². The Labute approximate surface area is 226 Å². The molecule has 212 valence electrons. The number of Topliss-reactive ketones (excluding diaryl/α,β-unsaturated/α-hetero) is 1. The number of rotatable bonds is 4. The van der Waals surface area contributed by atoms with E-state index in [9.17, 15) is 34.5 Å². The fourth-order valence-electron chi connectivity index (χ4n) is 7.23. The first-order chi connectivity index (χ1) is 18.1. The largest absolute Gasteiger partial charge is 0.459 e. The number of aliphatic hydroxyl groups excluding tert-OH is 1. The van der Waals surface area contributed by atoms with Crippen LogP contribution in [0.3, 0.4) is 0 Å². The molecule has 0 aromatic rings. The monoisotopic (exact) mass is 545 g/mol. The molecule has 0 bridgehead atoms. The number of carbonyl (C=O) groups excluding carboxylic acids is 4. The molecule has 3 fully saturated rings. The molecule has 5 rings (SSSR count). The van der Waals surface area contributed by atoms with Crippen LogP contribution < -0.4 is 0 Å². The van der Waals surface area contributed by atoms with E-state index in [4.69, 9.17) is 14.2 Å². The molecule has 39 heavy (non-hydrogen) atoms. The minimum atomic E-state index is -2.51. The van der Waals surface area contributed by atoms with E-state index < -0.39 is 82.7 Å². The van der Waals surface area contributed by atoms with Crippen molar-refractivity contribution < 1.29 is 48.7 Å². The van der Waals surface area contributed by atoms with Gasteiger partial charge in [-0.2, -0.15) is 0 Å². The quantitative estimate of drug-likeness (QED) is 0.257. The third-order valence-electron chi connectivity index (χ3n) is 9.01. The fourth-order valence-corrected chi connectivity index (χ4v) is 7.23. The normalized spacial score (nSPS) is 44.2. The average Bonchev–Trinajstić information content (AvgIpc) is 3.09. The van der Waals surface area contributed by atoms with Crippen molar-refractivity contribution in [3.05, 3.63) is 35.1 Å². The van der Waals surface area contributed by atoms with Crippen molar-refractivity contribution in [3.63, 3.8) is 0 Å². The summed E-state index contributed by atoms with van der Waals surface area (Å²) < 4.78 is 17.6. The van der Waals surface area contributed by atoms with Crippen molar-refractivity contribution >= 4 is 23.4 Å². The lowest BCUT2D eigenvalue weighted by atomic mass is 9.75. The van der Waals surface area contributed by atoms with Gasteiger partial charge in [0.2, 0.25) is 11.4 Å². The number of fused-ring (bicyclic) bond motifs is 2. The van der Waals surface area contributed by atoms with Crippen LogP contribution >= 0.6 is 0 Å². The Kier molecular flexibility index (Phi) is 6.36. The van der Waals surface area contributed by atoms with Crippen LogP contribution in [0.2, 0.25) is 0 Å². The molecule has 0 aromatic heterocycles. The summed E-state index contributed by atoms with van der Waals surface area (Å²) in [5, 5.41) is 33.7. The van der Waals surface area contributed by atoms with Crippen LogP contribution in [0.15, 0.2) is 35.1 Å². The minimum Gasteiger partial charge on any atom is -0.459 e. The van der Waals surface area contributed by atoms with E-state index in [1.807, 2.05) is 6.92 Å². The molecule has 10 atom stereocenters. The minimum absolute atomic E-state index is 0.176. The lowest BCUT2D eigenvalue weighted by Crippen LogP contribution is -2.59. The van der Waals surface area contributed by atoms with Gasteiger partial charge >= 0.3 is 5.97 Å². The highest BCUT2D eigenvalue weighted by Gasteiger charge is 2.73. The van der Waals surface area contributed by atoms with Gasteiger partial charge in [0.15, 0.2) is 17.6 Å². The number of hydrogen-bond donors (Lipinski definition) is 3. The molecular weight excluding hydrogens is 510 g/mol. The van der Waals surface area contributed by atoms with E-state index in [-0.39, 0.29) is 11.3 Å². The molecule has 5 aliphatic rings. The van der Waals surface area contributed by atoms with Crippen LogP contribution in [0.25, 0.3) is 0 Å². The Morgan fingerprint density at radius 2 is 1.85 bits per heavy atom. The van der Waals surface area contributed by atoms with E-state index in [0.717, 1.165) is 24.8 Å². The summed E-state index contributed by atoms with van der Waals surface area (Å²) in [4.78, 5) is 53.6. The molecule has 0 radical (unpaired) electrons. The lowest BCUT2D eigenvalue weighted by Gasteiger charge is -2.43. The fraction of sp³-hybridized carbons (Fsp3) is 0.643. The van der Waals surface area contributed by atoms with Crippen LogP contribution in [0, 0.1) is 11.8 Å². The zero-order chi connectivity index (χ0) is 28.8.